The Balaban J connectivity index is 2.24. The Kier molecular flexibility index (Phi) is 5.97. The number of nitrogens with one attached hydrogen (secondary N) is 1. The van der Waals surface area contributed by atoms with Crippen molar-refractivity contribution in [1.82, 2.24) is 14.9 Å². The molecule has 6 heteroatoms. The van der Waals surface area contributed by atoms with Crippen molar-refractivity contribution in [2.24, 2.45) is 5.92 Å². The number of amides is 1. The van der Waals surface area contributed by atoms with Crippen LogP contribution in [0.4, 0.5) is 4.79 Å². The summed E-state index contributed by atoms with van der Waals surface area (Å²) in [6.07, 6.45) is -0.542. The van der Waals surface area contributed by atoms with Crippen molar-refractivity contribution in [3.63, 3.8) is 0 Å². The SMILES string of the molecule is Cc1cccc2nc([C@H](NC(=O)OC(C)(C)C)C(C)C)n(-c3ccccc3)c(=O)c12. The van der Waals surface area contributed by atoms with E-state index < -0.39 is 17.7 Å². The molecule has 0 fully saturated rings. The van der Waals surface area contributed by atoms with Gasteiger partial charge in [-0.2, -0.15) is 0 Å². The Bertz CT molecular complexity index is 1110. The molecule has 1 amide bonds. The second kappa shape index (κ2) is 8.30. The smallest absolute Gasteiger partial charge is 0.408 e. The minimum atomic E-state index is -0.626. The standard InChI is InChI=1S/C24H29N3O3/c1-15(2)20(26-23(29)30-24(4,5)6)21-25-18-14-10-11-16(3)19(18)22(28)27(21)17-12-8-7-9-13-17/h7-15,20H,1-6H3,(H,26,29)/t20-/m1/s1. The summed E-state index contributed by atoms with van der Waals surface area (Å²) in [7, 11) is 0. The van der Waals surface area contributed by atoms with Crippen molar-refractivity contribution in [1.29, 1.82) is 0 Å². The Morgan fingerprint density at radius 3 is 2.33 bits per heavy atom. The number of carbonyl (C=O) groups is 1. The van der Waals surface area contributed by atoms with Crippen LogP contribution in [-0.2, 0) is 4.74 Å². The molecule has 3 aromatic rings. The van der Waals surface area contributed by atoms with Crippen LogP contribution in [0.2, 0.25) is 0 Å². The van der Waals surface area contributed by atoms with Crippen LogP contribution in [0.1, 0.15) is 52.0 Å². The van der Waals surface area contributed by atoms with Crippen LogP contribution in [0.25, 0.3) is 16.6 Å². The van der Waals surface area contributed by atoms with E-state index in [9.17, 15) is 9.59 Å². The van der Waals surface area contributed by atoms with Gasteiger partial charge in [0.05, 0.1) is 22.6 Å². The predicted octanol–water partition coefficient (Wildman–Crippen LogP) is 4.92. The molecule has 0 radical (unpaired) electrons. The van der Waals surface area contributed by atoms with Gasteiger partial charge in [0.25, 0.3) is 5.56 Å². The first-order valence-corrected chi connectivity index (χ1v) is 10.2. The number of aryl methyl sites for hydroxylation is 1. The lowest BCUT2D eigenvalue weighted by Crippen LogP contribution is -2.40. The van der Waals surface area contributed by atoms with E-state index in [1.54, 1.807) is 4.57 Å². The third kappa shape index (κ3) is 4.53. The fourth-order valence-electron chi connectivity index (χ4n) is 3.41. The number of para-hydroxylation sites is 1. The minimum Gasteiger partial charge on any atom is -0.444 e. The summed E-state index contributed by atoms with van der Waals surface area (Å²) < 4.78 is 7.05. The molecule has 0 aliphatic heterocycles. The first-order chi connectivity index (χ1) is 14.1. The molecule has 0 saturated heterocycles. The maximum atomic E-state index is 13.6. The lowest BCUT2D eigenvalue weighted by Gasteiger charge is -2.27. The zero-order chi connectivity index (χ0) is 22.1. The number of rotatable bonds is 4. The number of hydrogen-bond acceptors (Lipinski definition) is 4. The van der Waals surface area contributed by atoms with Crippen LogP contribution >= 0.6 is 0 Å². The van der Waals surface area contributed by atoms with Crippen molar-refractivity contribution >= 4 is 17.0 Å². The first-order valence-electron chi connectivity index (χ1n) is 10.2. The topological polar surface area (TPSA) is 73.2 Å². The van der Waals surface area contributed by atoms with Crippen LogP contribution < -0.4 is 10.9 Å². The molecule has 0 bridgehead atoms. The first kappa shape index (κ1) is 21.6. The zero-order valence-corrected chi connectivity index (χ0v) is 18.4. The van der Waals surface area contributed by atoms with Crippen molar-refractivity contribution in [2.45, 2.75) is 53.2 Å². The van der Waals surface area contributed by atoms with Crippen LogP contribution in [0, 0.1) is 12.8 Å². The predicted molar refractivity (Wildman–Crippen MR) is 119 cm³/mol. The van der Waals surface area contributed by atoms with E-state index in [0.29, 0.717) is 22.4 Å². The highest BCUT2D eigenvalue weighted by molar-refractivity contribution is 5.81. The van der Waals surface area contributed by atoms with Crippen LogP contribution in [0.5, 0.6) is 0 Å². The molecule has 0 unspecified atom stereocenters. The molecule has 1 atom stereocenters. The number of carbonyl (C=O) groups excluding carboxylic acids is 1. The fraction of sp³-hybridized carbons (Fsp3) is 0.375. The monoisotopic (exact) mass is 407 g/mol. The van der Waals surface area contributed by atoms with E-state index in [4.69, 9.17) is 9.72 Å². The second-order valence-electron chi connectivity index (χ2n) is 8.78. The maximum absolute atomic E-state index is 13.6. The third-order valence-corrected chi connectivity index (χ3v) is 4.76. The van der Waals surface area contributed by atoms with Crippen molar-refractivity contribution < 1.29 is 9.53 Å². The number of alkyl carbamates (subject to hydrolysis) is 1. The van der Waals surface area contributed by atoms with Gasteiger partial charge in [0.2, 0.25) is 0 Å². The van der Waals surface area contributed by atoms with Gasteiger partial charge in [-0.05, 0) is 57.4 Å². The molecular formula is C24H29N3O3. The van der Waals surface area contributed by atoms with Crippen molar-refractivity contribution in [3.8, 4) is 5.69 Å². The van der Waals surface area contributed by atoms with Gasteiger partial charge < -0.3 is 10.1 Å². The Morgan fingerprint density at radius 1 is 1.07 bits per heavy atom. The van der Waals surface area contributed by atoms with Gasteiger partial charge in [-0.3, -0.25) is 9.36 Å². The minimum absolute atomic E-state index is 0.0263. The van der Waals surface area contributed by atoms with E-state index in [0.717, 1.165) is 5.56 Å². The van der Waals surface area contributed by atoms with Crippen LogP contribution in [0.15, 0.2) is 53.3 Å². The molecule has 30 heavy (non-hydrogen) atoms. The quantitative estimate of drug-likeness (QED) is 0.666. The van der Waals surface area contributed by atoms with Crippen molar-refractivity contribution in [2.75, 3.05) is 0 Å². The molecule has 2 aromatic carbocycles. The highest BCUT2D eigenvalue weighted by atomic mass is 16.6. The molecule has 158 valence electrons. The van der Waals surface area contributed by atoms with Gasteiger partial charge in [0.15, 0.2) is 0 Å². The van der Waals surface area contributed by atoms with E-state index in [1.807, 2.05) is 90.1 Å². The van der Waals surface area contributed by atoms with E-state index in [1.165, 1.54) is 0 Å². The highest BCUT2D eigenvalue weighted by Gasteiger charge is 2.28. The van der Waals surface area contributed by atoms with Crippen LogP contribution in [0.3, 0.4) is 0 Å². The number of benzene rings is 2. The van der Waals surface area contributed by atoms with Gasteiger partial charge in [0.1, 0.15) is 11.4 Å². The summed E-state index contributed by atoms with van der Waals surface area (Å²) in [5, 5.41) is 3.50. The summed E-state index contributed by atoms with van der Waals surface area (Å²) >= 11 is 0. The number of nitrogens with zero attached hydrogens (tertiary/aromatic N) is 2. The van der Waals surface area contributed by atoms with Crippen LogP contribution in [-0.4, -0.2) is 21.2 Å². The molecule has 1 aromatic heterocycles. The maximum Gasteiger partial charge on any atom is 0.408 e. The summed E-state index contributed by atoms with van der Waals surface area (Å²) in [6, 6.07) is 14.5. The molecular weight excluding hydrogens is 378 g/mol. The summed E-state index contributed by atoms with van der Waals surface area (Å²) in [6.45, 7) is 11.3. The second-order valence-corrected chi connectivity index (χ2v) is 8.78. The lowest BCUT2D eigenvalue weighted by molar-refractivity contribution is 0.0485. The van der Waals surface area contributed by atoms with Crippen molar-refractivity contribution in [3.05, 3.63) is 70.3 Å². The van der Waals surface area contributed by atoms with Gasteiger partial charge in [-0.1, -0.05) is 44.2 Å². The average Bonchev–Trinajstić information content (AvgIpc) is 2.65. The Hall–Kier alpha value is -3.15. The lowest BCUT2D eigenvalue weighted by atomic mass is 10.0. The van der Waals surface area contributed by atoms with E-state index in [2.05, 4.69) is 5.32 Å². The number of aromatic nitrogens is 2. The normalized spacial score (nSPS) is 12.8. The Labute approximate surface area is 176 Å². The van der Waals surface area contributed by atoms with E-state index in [-0.39, 0.29) is 11.5 Å². The molecule has 0 spiro atoms. The van der Waals surface area contributed by atoms with Gasteiger partial charge >= 0.3 is 6.09 Å². The molecule has 0 saturated carbocycles. The van der Waals surface area contributed by atoms with E-state index >= 15 is 0 Å². The summed E-state index contributed by atoms with van der Waals surface area (Å²) in [5.74, 6) is 0.451. The number of fused-ring (bicyclic) bond motifs is 1. The van der Waals surface area contributed by atoms with Gasteiger partial charge in [-0.25, -0.2) is 9.78 Å². The third-order valence-electron chi connectivity index (χ3n) is 4.76. The summed E-state index contributed by atoms with van der Waals surface area (Å²) in [5.41, 5.74) is 1.39. The molecule has 6 nitrogen and oxygen atoms in total. The van der Waals surface area contributed by atoms with Gasteiger partial charge in [-0.15, -0.1) is 0 Å². The molecule has 3 rings (SSSR count). The number of hydrogen-bond donors (Lipinski definition) is 1. The largest absolute Gasteiger partial charge is 0.444 e. The molecule has 1 heterocycles. The summed E-state index contributed by atoms with van der Waals surface area (Å²) in [4.78, 5) is 31.0. The average molecular weight is 408 g/mol. The number of ether oxygens (including phenoxy) is 1. The highest BCUT2D eigenvalue weighted by Crippen LogP contribution is 2.25. The molecule has 1 N–H and O–H groups in total. The molecule has 0 aliphatic carbocycles. The fourth-order valence-corrected chi connectivity index (χ4v) is 3.41. The van der Waals surface area contributed by atoms with Gasteiger partial charge in [0, 0.05) is 0 Å². The zero-order valence-electron chi connectivity index (χ0n) is 18.4. The molecule has 0 aliphatic rings. The Morgan fingerprint density at radius 2 is 1.73 bits per heavy atom.